The molecule has 2 aromatic carbocycles. The van der Waals surface area contributed by atoms with E-state index in [1.54, 1.807) is 29.2 Å². The van der Waals surface area contributed by atoms with Crippen molar-refractivity contribution in [2.45, 2.75) is 25.8 Å². The SMILES string of the molecule is CC(C)c1ccc2nc(N3C(=O)c4oc5ccccc5c(=O)c4[C@H]3c3cccs3)sc2c1. The molecule has 1 amide bonds. The molecule has 0 radical (unpaired) electrons. The van der Waals surface area contributed by atoms with Crippen LogP contribution in [0.2, 0.25) is 0 Å². The highest BCUT2D eigenvalue weighted by Gasteiger charge is 2.45. The van der Waals surface area contributed by atoms with Gasteiger partial charge in [0.25, 0.3) is 5.91 Å². The van der Waals surface area contributed by atoms with Gasteiger partial charge in [0.1, 0.15) is 11.6 Å². The van der Waals surface area contributed by atoms with Crippen molar-refractivity contribution >= 4 is 54.9 Å². The second-order valence-electron chi connectivity index (χ2n) is 8.14. The van der Waals surface area contributed by atoms with E-state index in [1.165, 1.54) is 28.2 Å². The van der Waals surface area contributed by atoms with Crippen molar-refractivity contribution in [1.29, 1.82) is 0 Å². The Morgan fingerprint density at radius 1 is 1.06 bits per heavy atom. The molecule has 0 unspecified atom stereocenters. The predicted molar refractivity (Wildman–Crippen MR) is 129 cm³/mol. The number of hydrogen-bond donors (Lipinski definition) is 0. The van der Waals surface area contributed by atoms with Crippen molar-refractivity contribution in [1.82, 2.24) is 4.98 Å². The zero-order chi connectivity index (χ0) is 22.0. The lowest BCUT2D eigenvalue weighted by molar-refractivity contribution is 0.0971. The van der Waals surface area contributed by atoms with Gasteiger partial charge in [0, 0.05) is 4.88 Å². The van der Waals surface area contributed by atoms with Gasteiger partial charge in [-0.05, 0) is 47.2 Å². The Balaban J connectivity index is 1.59. The lowest BCUT2D eigenvalue weighted by atomic mass is 10.0. The second kappa shape index (κ2) is 7.12. The summed E-state index contributed by atoms with van der Waals surface area (Å²) in [4.78, 5) is 34.4. The minimum Gasteiger partial charge on any atom is -0.450 e. The van der Waals surface area contributed by atoms with Crippen LogP contribution in [0, 0.1) is 0 Å². The molecule has 0 saturated carbocycles. The van der Waals surface area contributed by atoms with E-state index in [1.807, 2.05) is 23.6 Å². The van der Waals surface area contributed by atoms with E-state index >= 15 is 0 Å². The number of carbonyl (C=O) groups is 1. The van der Waals surface area contributed by atoms with Crippen molar-refractivity contribution in [2.75, 3.05) is 4.90 Å². The summed E-state index contributed by atoms with van der Waals surface area (Å²) in [5, 5.41) is 3.00. The third-order valence-electron chi connectivity index (χ3n) is 5.86. The maximum Gasteiger partial charge on any atom is 0.297 e. The molecule has 0 bridgehead atoms. The van der Waals surface area contributed by atoms with Gasteiger partial charge in [-0.15, -0.1) is 11.3 Å². The van der Waals surface area contributed by atoms with Crippen LogP contribution in [0.4, 0.5) is 5.13 Å². The van der Waals surface area contributed by atoms with Gasteiger partial charge in [0.05, 0.1) is 21.2 Å². The van der Waals surface area contributed by atoms with Crippen LogP contribution in [0.3, 0.4) is 0 Å². The highest BCUT2D eigenvalue weighted by molar-refractivity contribution is 7.22. The van der Waals surface area contributed by atoms with Crippen LogP contribution in [0.5, 0.6) is 0 Å². The Kier molecular flexibility index (Phi) is 4.31. The molecule has 0 aliphatic carbocycles. The topological polar surface area (TPSA) is 63.4 Å². The molecule has 7 heteroatoms. The van der Waals surface area contributed by atoms with Crippen LogP contribution in [0.1, 0.15) is 52.4 Å². The van der Waals surface area contributed by atoms with E-state index in [0.29, 0.717) is 27.6 Å². The average Bonchev–Trinajstić information content (AvgIpc) is 3.51. The lowest BCUT2D eigenvalue weighted by Crippen LogP contribution is -2.28. The zero-order valence-electron chi connectivity index (χ0n) is 17.4. The van der Waals surface area contributed by atoms with Gasteiger partial charge in [-0.2, -0.15) is 0 Å². The first-order chi connectivity index (χ1) is 15.5. The predicted octanol–water partition coefficient (Wildman–Crippen LogP) is 6.34. The molecular weight excluding hydrogens is 440 g/mol. The monoisotopic (exact) mass is 458 g/mol. The van der Waals surface area contributed by atoms with E-state index in [9.17, 15) is 9.59 Å². The number of anilines is 1. The summed E-state index contributed by atoms with van der Waals surface area (Å²) in [6, 6.07) is 16.6. The zero-order valence-corrected chi connectivity index (χ0v) is 19.0. The molecular formula is C25H18N2O3S2. The summed E-state index contributed by atoms with van der Waals surface area (Å²) in [6.45, 7) is 4.30. The van der Waals surface area contributed by atoms with Gasteiger partial charge in [0.2, 0.25) is 5.76 Å². The number of para-hydroxylation sites is 1. The molecule has 1 atom stereocenters. The maximum atomic E-state index is 13.6. The normalized spacial score (nSPS) is 15.9. The van der Waals surface area contributed by atoms with E-state index in [-0.39, 0.29) is 17.1 Å². The summed E-state index contributed by atoms with van der Waals surface area (Å²) < 4.78 is 7.01. The Morgan fingerprint density at radius 3 is 2.69 bits per heavy atom. The highest BCUT2D eigenvalue weighted by atomic mass is 32.1. The summed E-state index contributed by atoms with van der Waals surface area (Å²) in [5.74, 6) is 0.175. The van der Waals surface area contributed by atoms with Gasteiger partial charge in [-0.3, -0.25) is 14.5 Å². The van der Waals surface area contributed by atoms with Crippen molar-refractivity contribution in [3.05, 3.63) is 92.0 Å². The summed E-state index contributed by atoms with van der Waals surface area (Å²) >= 11 is 2.98. The van der Waals surface area contributed by atoms with Crippen LogP contribution in [-0.4, -0.2) is 10.9 Å². The second-order valence-corrected chi connectivity index (χ2v) is 10.1. The van der Waals surface area contributed by atoms with Crippen molar-refractivity contribution in [3.63, 3.8) is 0 Å². The maximum absolute atomic E-state index is 13.6. The number of carbonyl (C=O) groups excluding carboxylic acids is 1. The van der Waals surface area contributed by atoms with Crippen LogP contribution in [0.15, 0.2) is 69.2 Å². The molecule has 3 aromatic heterocycles. The minimum absolute atomic E-state index is 0.106. The molecule has 32 heavy (non-hydrogen) atoms. The van der Waals surface area contributed by atoms with E-state index < -0.39 is 6.04 Å². The summed E-state index contributed by atoms with van der Waals surface area (Å²) in [7, 11) is 0. The fourth-order valence-corrected chi connectivity index (χ4v) is 6.09. The number of amides is 1. The van der Waals surface area contributed by atoms with Gasteiger partial charge in [-0.1, -0.05) is 49.4 Å². The van der Waals surface area contributed by atoms with E-state index in [2.05, 4.69) is 26.0 Å². The molecule has 6 rings (SSSR count). The minimum atomic E-state index is -0.552. The molecule has 1 aliphatic heterocycles. The summed E-state index contributed by atoms with van der Waals surface area (Å²) in [5.41, 5.74) is 2.70. The van der Waals surface area contributed by atoms with Crippen molar-refractivity contribution in [2.24, 2.45) is 0 Å². The number of thiophene rings is 1. The van der Waals surface area contributed by atoms with E-state index in [0.717, 1.165) is 15.1 Å². The molecule has 0 N–H and O–H groups in total. The molecule has 4 heterocycles. The van der Waals surface area contributed by atoms with Gasteiger partial charge in [-0.25, -0.2) is 4.98 Å². The number of nitrogens with zero attached hydrogens (tertiary/aromatic N) is 2. The van der Waals surface area contributed by atoms with Crippen LogP contribution in [0.25, 0.3) is 21.2 Å². The first-order valence-corrected chi connectivity index (χ1v) is 12.1. The average molecular weight is 459 g/mol. The first-order valence-electron chi connectivity index (χ1n) is 10.4. The Bertz CT molecular complexity index is 1560. The van der Waals surface area contributed by atoms with E-state index in [4.69, 9.17) is 9.40 Å². The van der Waals surface area contributed by atoms with Crippen LogP contribution >= 0.6 is 22.7 Å². The number of aromatic nitrogens is 1. The number of hydrogen-bond acceptors (Lipinski definition) is 6. The molecule has 5 aromatic rings. The van der Waals surface area contributed by atoms with Gasteiger partial charge < -0.3 is 4.42 Å². The number of thiazole rings is 1. The summed E-state index contributed by atoms with van der Waals surface area (Å²) in [6.07, 6.45) is 0. The third kappa shape index (κ3) is 2.78. The molecule has 0 fully saturated rings. The lowest BCUT2D eigenvalue weighted by Gasteiger charge is -2.20. The van der Waals surface area contributed by atoms with Crippen LogP contribution in [-0.2, 0) is 0 Å². The Labute approximate surface area is 191 Å². The largest absolute Gasteiger partial charge is 0.450 e. The Hall–Kier alpha value is -3.29. The smallest absolute Gasteiger partial charge is 0.297 e. The van der Waals surface area contributed by atoms with Gasteiger partial charge in [0.15, 0.2) is 10.6 Å². The van der Waals surface area contributed by atoms with Crippen molar-refractivity contribution < 1.29 is 9.21 Å². The van der Waals surface area contributed by atoms with Crippen LogP contribution < -0.4 is 10.3 Å². The molecule has 1 aliphatic rings. The number of fused-ring (bicyclic) bond motifs is 3. The third-order valence-corrected chi connectivity index (χ3v) is 7.81. The standard InChI is InChI=1S/C25H18N2O3S2/c1-13(2)14-9-10-16-19(12-14)32-25(26-16)27-21(18-8-5-11-31-18)20-22(28)15-6-3-4-7-17(15)30-23(20)24(27)29/h3-13,21H,1-2H3/t21-/m1/s1. The van der Waals surface area contributed by atoms with Crippen molar-refractivity contribution in [3.8, 4) is 0 Å². The number of rotatable bonds is 3. The first kappa shape index (κ1) is 19.4. The number of benzene rings is 2. The molecule has 0 spiro atoms. The Morgan fingerprint density at radius 2 is 1.91 bits per heavy atom. The fraction of sp³-hybridized carbons (Fsp3) is 0.160. The quantitative estimate of drug-likeness (QED) is 0.317. The molecule has 158 valence electrons. The highest BCUT2D eigenvalue weighted by Crippen LogP contribution is 2.44. The molecule has 0 saturated heterocycles. The molecule has 5 nitrogen and oxygen atoms in total. The van der Waals surface area contributed by atoms with Gasteiger partial charge >= 0.3 is 0 Å². The fourth-order valence-electron chi connectivity index (χ4n) is 4.22.